The van der Waals surface area contributed by atoms with Gasteiger partial charge in [0.25, 0.3) is 5.91 Å². The molecule has 3 heterocycles. The van der Waals surface area contributed by atoms with Crippen LogP contribution < -0.4 is 4.90 Å². The van der Waals surface area contributed by atoms with Crippen LogP contribution in [0.2, 0.25) is 5.02 Å². The number of carbonyl (C=O) groups is 2. The van der Waals surface area contributed by atoms with Crippen molar-refractivity contribution in [3.63, 3.8) is 0 Å². The third kappa shape index (κ3) is 2.21. The average molecular weight is 373 g/mol. The molecular weight excluding hydrogens is 352 g/mol. The number of hydrogen-bond acceptors (Lipinski definition) is 3. The number of likely N-dealkylation sites (N-methyl/N-ethyl adjacent to an activating group) is 1. The van der Waals surface area contributed by atoms with Gasteiger partial charge in [0, 0.05) is 32.9 Å². The highest BCUT2D eigenvalue weighted by Crippen LogP contribution is 2.46. The Hall–Kier alpha value is -2.34. The molecule has 26 heavy (non-hydrogen) atoms. The van der Waals surface area contributed by atoms with Crippen molar-refractivity contribution in [2.24, 2.45) is 7.05 Å². The van der Waals surface area contributed by atoms with Gasteiger partial charge >= 0.3 is 0 Å². The number of benzene rings is 1. The Balaban J connectivity index is 1.73. The summed E-state index contributed by atoms with van der Waals surface area (Å²) >= 11 is 6.31. The Morgan fingerprint density at radius 2 is 2.00 bits per heavy atom. The molecule has 2 aromatic rings. The first kappa shape index (κ1) is 17.1. The number of rotatable bonds is 1. The fourth-order valence-electron chi connectivity index (χ4n) is 4.35. The van der Waals surface area contributed by atoms with Crippen molar-refractivity contribution in [3.8, 4) is 0 Å². The van der Waals surface area contributed by atoms with Gasteiger partial charge in [-0.1, -0.05) is 29.8 Å². The van der Waals surface area contributed by atoms with Crippen molar-refractivity contribution in [2.45, 2.75) is 25.2 Å². The van der Waals surface area contributed by atoms with Gasteiger partial charge in [-0.3, -0.25) is 14.3 Å². The molecule has 6 nitrogen and oxygen atoms in total. The van der Waals surface area contributed by atoms with Crippen molar-refractivity contribution < 1.29 is 9.59 Å². The molecule has 0 bridgehead atoms. The number of amides is 2. The Morgan fingerprint density at radius 1 is 1.27 bits per heavy atom. The largest absolute Gasteiger partial charge is 0.336 e. The number of piperidine rings is 1. The highest BCUT2D eigenvalue weighted by molar-refractivity contribution is 6.34. The van der Waals surface area contributed by atoms with Crippen LogP contribution in [0.15, 0.2) is 24.3 Å². The number of hydrogen-bond donors (Lipinski definition) is 0. The maximum absolute atomic E-state index is 13.2. The van der Waals surface area contributed by atoms with E-state index in [1.807, 2.05) is 24.3 Å². The number of nitrogens with zero attached hydrogens (tertiary/aromatic N) is 4. The van der Waals surface area contributed by atoms with Gasteiger partial charge in [0.2, 0.25) is 5.91 Å². The highest BCUT2D eigenvalue weighted by atomic mass is 35.5. The quantitative estimate of drug-likeness (QED) is 0.773. The van der Waals surface area contributed by atoms with Crippen molar-refractivity contribution in [3.05, 3.63) is 46.2 Å². The molecule has 1 fully saturated rings. The standard InChI is InChI=1S/C19H21ClN4O2/c1-12-15(20)16(23(3)21-12)17(25)24-10-6-9-19(11-24)13-7-4-5-8-14(13)22(2)18(19)26/h4-5,7-8H,6,9-11H2,1-3H3/t19-/m1/s1. The summed E-state index contributed by atoms with van der Waals surface area (Å²) in [5.74, 6) is -0.111. The van der Waals surface area contributed by atoms with Crippen LogP contribution in [0.3, 0.4) is 0 Å². The van der Waals surface area contributed by atoms with Crippen molar-refractivity contribution >= 4 is 29.1 Å². The summed E-state index contributed by atoms with van der Waals surface area (Å²) in [7, 11) is 3.52. The number of fused-ring (bicyclic) bond motifs is 2. The third-order valence-corrected chi connectivity index (χ3v) is 6.08. The Morgan fingerprint density at radius 3 is 2.69 bits per heavy atom. The Bertz CT molecular complexity index is 922. The minimum atomic E-state index is -0.667. The van der Waals surface area contributed by atoms with E-state index < -0.39 is 5.41 Å². The number of aromatic nitrogens is 2. The first-order valence-electron chi connectivity index (χ1n) is 8.73. The van der Waals surface area contributed by atoms with Gasteiger partial charge in [0.15, 0.2) is 0 Å². The van der Waals surface area contributed by atoms with Gasteiger partial charge in [-0.25, -0.2) is 0 Å². The monoisotopic (exact) mass is 372 g/mol. The van der Waals surface area contributed by atoms with Gasteiger partial charge in [0.1, 0.15) is 5.69 Å². The molecule has 4 rings (SSSR count). The molecular formula is C19H21ClN4O2. The molecule has 0 aliphatic carbocycles. The van der Waals surface area contributed by atoms with Crippen LogP contribution in [-0.4, -0.2) is 46.6 Å². The normalized spacial score (nSPS) is 22.2. The van der Waals surface area contributed by atoms with Crippen LogP contribution in [-0.2, 0) is 17.3 Å². The second kappa shape index (κ2) is 5.84. The summed E-state index contributed by atoms with van der Waals surface area (Å²) in [5, 5.41) is 4.62. The van der Waals surface area contributed by atoms with Crippen molar-refractivity contribution in [2.75, 3.05) is 25.0 Å². The molecule has 7 heteroatoms. The lowest BCUT2D eigenvalue weighted by Crippen LogP contribution is -2.53. The summed E-state index contributed by atoms with van der Waals surface area (Å²) in [6.07, 6.45) is 1.52. The average Bonchev–Trinajstić information content (AvgIpc) is 3.01. The maximum atomic E-state index is 13.2. The van der Waals surface area contributed by atoms with E-state index >= 15 is 0 Å². The minimum Gasteiger partial charge on any atom is -0.336 e. The van der Waals surface area contributed by atoms with Gasteiger partial charge < -0.3 is 9.80 Å². The van der Waals surface area contributed by atoms with Crippen LogP contribution in [0, 0.1) is 6.92 Å². The van der Waals surface area contributed by atoms with E-state index in [-0.39, 0.29) is 11.8 Å². The molecule has 1 saturated heterocycles. The van der Waals surface area contributed by atoms with Crippen LogP contribution in [0.4, 0.5) is 5.69 Å². The van der Waals surface area contributed by atoms with Gasteiger partial charge in [0.05, 0.1) is 16.1 Å². The first-order chi connectivity index (χ1) is 12.4. The molecule has 136 valence electrons. The molecule has 1 aromatic heterocycles. The molecule has 1 spiro atoms. The summed E-state index contributed by atoms with van der Waals surface area (Å²) in [4.78, 5) is 29.7. The van der Waals surface area contributed by atoms with E-state index in [2.05, 4.69) is 5.10 Å². The second-order valence-corrected chi connectivity index (χ2v) is 7.54. The number of para-hydroxylation sites is 1. The zero-order valence-electron chi connectivity index (χ0n) is 15.1. The molecule has 2 amide bonds. The number of carbonyl (C=O) groups excluding carboxylic acids is 2. The van der Waals surface area contributed by atoms with Gasteiger partial charge in [-0.2, -0.15) is 5.10 Å². The van der Waals surface area contributed by atoms with E-state index in [0.717, 1.165) is 24.1 Å². The number of likely N-dealkylation sites (tertiary alicyclic amines) is 1. The lowest BCUT2D eigenvalue weighted by molar-refractivity contribution is -0.124. The van der Waals surface area contributed by atoms with Crippen LogP contribution in [0.1, 0.15) is 34.6 Å². The lowest BCUT2D eigenvalue weighted by Gasteiger charge is -2.39. The Kier molecular flexibility index (Phi) is 3.84. The summed E-state index contributed by atoms with van der Waals surface area (Å²) in [6, 6.07) is 7.86. The predicted octanol–water partition coefficient (Wildman–Crippen LogP) is 2.53. The Labute approximate surface area is 157 Å². The van der Waals surface area contributed by atoms with Crippen LogP contribution >= 0.6 is 11.6 Å². The molecule has 0 unspecified atom stereocenters. The number of aryl methyl sites for hydroxylation is 2. The van der Waals surface area contributed by atoms with E-state index in [1.165, 1.54) is 4.68 Å². The van der Waals surface area contributed by atoms with E-state index in [4.69, 9.17) is 11.6 Å². The van der Waals surface area contributed by atoms with E-state index in [1.54, 1.807) is 30.8 Å². The lowest BCUT2D eigenvalue weighted by atomic mass is 9.75. The highest BCUT2D eigenvalue weighted by Gasteiger charge is 2.52. The molecule has 1 atom stereocenters. The third-order valence-electron chi connectivity index (χ3n) is 5.63. The second-order valence-electron chi connectivity index (χ2n) is 7.17. The SMILES string of the molecule is Cc1nn(C)c(C(=O)N2CCC[C@]3(C2)C(=O)N(C)c2ccccc23)c1Cl. The summed E-state index contributed by atoms with van der Waals surface area (Å²) in [5.41, 5.74) is 2.29. The molecule has 0 N–H and O–H groups in total. The molecule has 0 saturated carbocycles. The van der Waals surface area contributed by atoms with Crippen LogP contribution in [0.5, 0.6) is 0 Å². The summed E-state index contributed by atoms with van der Waals surface area (Å²) < 4.78 is 1.53. The van der Waals surface area contributed by atoms with Gasteiger partial charge in [-0.05, 0) is 31.4 Å². The molecule has 0 radical (unpaired) electrons. The predicted molar refractivity (Wildman–Crippen MR) is 99.6 cm³/mol. The van der Waals surface area contributed by atoms with E-state index in [9.17, 15) is 9.59 Å². The van der Waals surface area contributed by atoms with Crippen molar-refractivity contribution in [1.29, 1.82) is 0 Å². The fourth-order valence-corrected chi connectivity index (χ4v) is 4.60. The zero-order chi connectivity index (χ0) is 18.6. The first-order valence-corrected chi connectivity index (χ1v) is 9.10. The van der Waals surface area contributed by atoms with Crippen LogP contribution in [0.25, 0.3) is 0 Å². The fraction of sp³-hybridized carbons (Fsp3) is 0.421. The van der Waals surface area contributed by atoms with Gasteiger partial charge in [-0.15, -0.1) is 0 Å². The number of anilines is 1. The minimum absolute atomic E-state index is 0.0588. The maximum Gasteiger partial charge on any atom is 0.273 e. The topological polar surface area (TPSA) is 58.4 Å². The number of halogens is 1. The van der Waals surface area contributed by atoms with E-state index in [0.29, 0.717) is 29.5 Å². The molecule has 2 aliphatic rings. The molecule has 2 aliphatic heterocycles. The molecule has 1 aromatic carbocycles. The smallest absolute Gasteiger partial charge is 0.273 e. The summed E-state index contributed by atoms with van der Waals surface area (Å²) in [6.45, 7) is 2.76. The van der Waals surface area contributed by atoms with Crippen molar-refractivity contribution in [1.82, 2.24) is 14.7 Å². The zero-order valence-corrected chi connectivity index (χ0v) is 15.9.